The topological polar surface area (TPSA) is 15.3 Å². The molecule has 1 N–H and O–H groups in total. The molecule has 2 aliphatic rings. The summed E-state index contributed by atoms with van der Waals surface area (Å²) < 4.78 is 0. The van der Waals surface area contributed by atoms with Crippen LogP contribution in [0.15, 0.2) is 30.3 Å². The maximum absolute atomic E-state index is 3.66. The molecular formula is C14H20N2. The van der Waals surface area contributed by atoms with Crippen LogP contribution in [-0.4, -0.2) is 36.6 Å². The molecule has 0 aliphatic carbocycles. The van der Waals surface area contributed by atoms with Gasteiger partial charge in [0.25, 0.3) is 0 Å². The highest BCUT2D eigenvalue weighted by atomic mass is 15.3. The lowest BCUT2D eigenvalue weighted by Gasteiger charge is -2.48. The van der Waals surface area contributed by atoms with Crippen LogP contribution in [0.4, 0.5) is 0 Å². The Labute approximate surface area is 97.6 Å². The zero-order chi connectivity index (χ0) is 10.8. The fourth-order valence-corrected chi connectivity index (χ4v) is 3.04. The van der Waals surface area contributed by atoms with Crippen molar-refractivity contribution in [2.75, 3.05) is 26.2 Å². The third-order valence-electron chi connectivity index (χ3n) is 3.94. The highest BCUT2D eigenvalue weighted by Crippen LogP contribution is 2.29. The van der Waals surface area contributed by atoms with Gasteiger partial charge in [-0.05, 0) is 31.4 Å². The zero-order valence-electron chi connectivity index (χ0n) is 9.78. The van der Waals surface area contributed by atoms with Crippen molar-refractivity contribution in [3.63, 3.8) is 0 Å². The Morgan fingerprint density at radius 2 is 2.00 bits per heavy atom. The quantitative estimate of drug-likeness (QED) is 0.827. The van der Waals surface area contributed by atoms with Crippen LogP contribution in [0.25, 0.3) is 0 Å². The van der Waals surface area contributed by atoms with Crippen molar-refractivity contribution in [3.05, 3.63) is 35.9 Å². The number of benzene rings is 1. The third kappa shape index (κ3) is 2.00. The van der Waals surface area contributed by atoms with Gasteiger partial charge >= 0.3 is 0 Å². The normalized spacial score (nSPS) is 23.5. The number of nitrogens with zero attached hydrogens (tertiary/aromatic N) is 1. The molecular weight excluding hydrogens is 196 g/mol. The minimum Gasteiger partial charge on any atom is -0.309 e. The third-order valence-corrected chi connectivity index (χ3v) is 3.94. The smallest absolute Gasteiger partial charge is 0.0437 e. The van der Waals surface area contributed by atoms with E-state index in [0.717, 1.165) is 0 Å². The average Bonchev–Trinajstić information content (AvgIpc) is 2.75. The van der Waals surface area contributed by atoms with E-state index in [1.165, 1.54) is 51.0 Å². The molecule has 2 fully saturated rings. The molecule has 0 saturated carbocycles. The van der Waals surface area contributed by atoms with Gasteiger partial charge in [0.15, 0.2) is 0 Å². The molecule has 0 atom stereocenters. The molecule has 0 bridgehead atoms. The summed E-state index contributed by atoms with van der Waals surface area (Å²) in [6, 6.07) is 10.8. The lowest BCUT2D eigenvalue weighted by atomic mass is 9.88. The molecule has 1 aromatic carbocycles. The van der Waals surface area contributed by atoms with E-state index >= 15 is 0 Å². The molecule has 0 amide bonds. The first-order valence-corrected chi connectivity index (χ1v) is 6.38. The van der Waals surface area contributed by atoms with Crippen LogP contribution in [0, 0.1) is 0 Å². The first-order valence-electron chi connectivity index (χ1n) is 6.38. The van der Waals surface area contributed by atoms with Crippen molar-refractivity contribution >= 4 is 0 Å². The van der Waals surface area contributed by atoms with Gasteiger partial charge in [0, 0.05) is 25.2 Å². The van der Waals surface area contributed by atoms with Crippen LogP contribution < -0.4 is 5.32 Å². The molecule has 2 aliphatic heterocycles. The summed E-state index contributed by atoms with van der Waals surface area (Å²) in [7, 11) is 0. The van der Waals surface area contributed by atoms with Crippen molar-refractivity contribution < 1.29 is 0 Å². The monoisotopic (exact) mass is 216 g/mol. The first kappa shape index (κ1) is 10.3. The minimum absolute atomic E-state index is 0.511. The second kappa shape index (κ2) is 4.19. The molecule has 0 unspecified atom stereocenters. The molecule has 3 rings (SSSR count). The molecule has 2 nitrogen and oxygen atoms in total. The summed E-state index contributed by atoms with van der Waals surface area (Å²) in [5, 5.41) is 3.66. The number of nitrogens with one attached hydrogen (secondary N) is 1. The van der Waals surface area contributed by atoms with E-state index < -0.39 is 0 Å². The molecule has 2 heteroatoms. The molecule has 86 valence electrons. The molecule has 0 aromatic heterocycles. The number of rotatable bonds is 3. The van der Waals surface area contributed by atoms with Gasteiger partial charge in [-0.15, -0.1) is 0 Å². The predicted molar refractivity (Wildman–Crippen MR) is 66.6 cm³/mol. The van der Waals surface area contributed by atoms with Crippen LogP contribution in [0.5, 0.6) is 0 Å². The SMILES string of the molecule is c1ccc(CCN2CC3(CCCN3)C2)cc1. The Morgan fingerprint density at radius 3 is 2.69 bits per heavy atom. The Bertz CT molecular complexity index is 333. The molecule has 16 heavy (non-hydrogen) atoms. The van der Waals surface area contributed by atoms with E-state index in [1.54, 1.807) is 0 Å². The van der Waals surface area contributed by atoms with E-state index in [1.807, 2.05) is 0 Å². The van der Waals surface area contributed by atoms with Crippen LogP contribution >= 0.6 is 0 Å². The second-order valence-corrected chi connectivity index (χ2v) is 5.26. The maximum atomic E-state index is 3.66. The van der Waals surface area contributed by atoms with Gasteiger partial charge < -0.3 is 5.32 Å². The van der Waals surface area contributed by atoms with Gasteiger partial charge in [-0.2, -0.15) is 0 Å². The highest BCUT2D eigenvalue weighted by molar-refractivity contribution is 5.15. The summed E-state index contributed by atoms with van der Waals surface area (Å²) in [5.74, 6) is 0. The highest BCUT2D eigenvalue weighted by Gasteiger charge is 2.43. The molecule has 1 spiro atoms. The number of hydrogen-bond donors (Lipinski definition) is 1. The molecule has 0 radical (unpaired) electrons. The lowest BCUT2D eigenvalue weighted by Crippen LogP contribution is -2.66. The zero-order valence-corrected chi connectivity index (χ0v) is 9.78. The Morgan fingerprint density at radius 1 is 1.19 bits per heavy atom. The molecule has 2 saturated heterocycles. The summed E-state index contributed by atoms with van der Waals surface area (Å²) in [6.07, 6.45) is 3.94. The molecule has 2 heterocycles. The van der Waals surface area contributed by atoms with Crippen molar-refractivity contribution in [1.82, 2.24) is 10.2 Å². The first-order chi connectivity index (χ1) is 7.86. The minimum atomic E-state index is 0.511. The van der Waals surface area contributed by atoms with Crippen LogP contribution in [-0.2, 0) is 6.42 Å². The standard InChI is InChI=1S/C14H20N2/c1-2-5-13(6-3-1)7-10-16-11-14(12-16)8-4-9-15-14/h1-3,5-6,15H,4,7-12H2. The van der Waals surface area contributed by atoms with Crippen LogP contribution in [0.2, 0.25) is 0 Å². The van der Waals surface area contributed by atoms with E-state index in [-0.39, 0.29) is 0 Å². The Balaban J connectivity index is 1.45. The van der Waals surface area contributed by atoms with E-state index in [4.69, 9.17) is 0 Å². The summed E-state index contributed by atoms with van der Waals surface area (Å²) in [6.45, 7) is 4.97. The number of hydrogen-bond acceptors (Lipinski definition) is 2. The Hall–Kier alpha value is -0.860. The predicted octanol–water partition coefficient (Wildman–Crippen LogP) is 1.67. The maximum Gasteiger partial charge on any atom is 0.0437 e. The van der Waals surface area contributed by atoms with Gasteiger partial charge in [-0.25, -0.2) is 0 Å². The van der Waals surface area contributed by atoms with Gasteiger partial charge in [-0.1, -0.05) is 30.3 Å². The average molecular weight is 216 g/mol. The lowest BCUT2D eigenvalue weighted by molar-refractivity contribution is 0.0569. The van der Waals surface area contributed by atoms with Gasteiger partial charge in [0.1, 0.15) is 0 Å². The van der Waals surface area contributed by atoms with Gasteiger partial charge in [0.05, 0.1) is 0 Å². The van der Waals surface area contributed by atoms with Crippen molar-refractivity contribution in [2.24, 2.45) is 0 Å². The molecule has 1 aromatic rings. The van der Waals surface area contributed by atoms with Crippen molar-refractivity contribution in [1.29, 1.82) is 0 Å². The fraction of sp³-hybridized carbons (Fsp3) is 0.571. The second-order valence-electron chi connectivity index (χ2n) is 5.26. The van der Waals surface area contributed by atoms with Crippen molar-refractivity contribution in [2.45, 2.75) is 24.8 Å². The van der Waals surface area contributed by atoms with E-state index in [2.05, 4.69) is 40.5 Å². The van der Waals surface area contributed by atoms with E-state index in [0.29, 0.717) is 5.54 Å². The largest absolute Gasteiger partial charge is 0.309 e. The summed E-state index contributed by atoms with van der Waals surface area (Å²) in [4.78, 5) is 2.57. The van der Waals surface area contributed by atoms with Gasteiger partial charge in [0.2, 0.25) is 0 Å². The van der Waals surface area contributed by atoms with Gasteiger partial charge in [-0.3, -0.25) is 4.90 Å². The summed E-state index contributed by atoms with van der Waals surface area (Å²) in [5.41, 5.74) is 1.97. The number of likely N-dealkylation sites (tertiary alicyclic amines) is 1. The van der Waals surface area contributed by atoms with Crippen molar-refractivity contribution in [3.8, 4) is 0 Å². The van der Waals surface area contributed by atoms with Crippen LogP contribution in [0.1, 0.15) is 18.4 Å². The summed E-state index contributed by atoms with van der Waals surface area (Å²) >= 11 is 0. The van der Waals surface area contributed by atoms with Crippen LogP contribution in [0.3, 0.4) is 0 Å². The fourth-order valence-electron chi connectivity index (χ4n) is 3.04. The Kier molecular flexibility index (Phi) is 2.70. The van der Waals surface area contributed by atoms with E-state index in [9.17, 15) is 0 Å².